The average molecular weight is 404 g/mol. The molecule has 7 heteroatoms. The van der Waals surface area contributed by atoms with Gasteiger partial charge in [-0.05, 0) is 30.3 Å². The molecular weight excluding hydrogens is 380 g/mol. The van der Waals surface area contributed by atoms with Crippen LogP contribution in [0.3, 0.4) is 0 Å². The highest BCUT2D eigenvalue weighted by molar-refractivity contribution is 5.94. The first-order valence-corrected chi connectivity index (χ1v) is 9.91. The summed E-state index contributed by atoms with van der Waals surface area (Å²) in [5.74, 6) is 0.129. The van der Waals surface area contributed by atoms with Gasteiger partial charge in [-0.2, -0.15) is 0 Å². The highest BCUT2D eigenvalue weighted by atomic mass is 16.5. The molecule has 0 N–H and O–H groups in total. The Kier molecular flexibility index (Phi) is 5.63. The minimum atomic E-state index is -0.453. The maximum atomic E-state index is 13.5. The monoisotopic (exact) mass is 404 g/mol. The lowest BCUT2D eigenvalue weighted by Crippen LogP contribution is -2.48. The molecule has 0 amide bonds. The molecule has 0 spiro atoms. The molecule has 30 heavy (non-hydrogen) atoms. The van der Waals surface area contributed by atoms with E-state index in [1.54, 1.807) is 22.8 Å². The first-order valence-electron chi connectivity index (χ1n) is 9.91. The van der Waals surface area contributed by atoms with Crippen molar-refractivity contribution in [3.05, 3.63) is 77.1 Å². The van der Waals surface area contributed by atoms with E-state index in [1.807, 2.05) is 36.4 Å². The first-order chi connectivity index (χ1) is 14.6. The molecule has 2 heterocycles. The number of rotatable bonds is 5. The van der Waals surface area contributed by atoms with Gasteiger partial charge in [0.15, 0.2) is 0 Å². The highest BCUT2D eigenvalue weighted by Gasteiger charge is 2.23. The molecular formula is C23H24N4O3. The zero-order chi connectivity index (χ0) is 21.1. The predicted molar refractivity (Wildman–Crippen MR) is 118 cm³/mol. The molecule has 1 fully saturated rings. The maximum absolute atomic E-state index is 13.5. The van der Waals surface area contributed by atoms with Crippen LogP contribution in [0, 0.1) is 0 Å². The number of piperazine rings is 1. The van der Waals surface area contributed by atoms with Crippen LogP contribution < -0.4 is 10.5 Å². The van der Waals surface area contributed by atoms with Gasteiger partial charge in [-0.1, -0.05) is 24.3 Å². The van der Waals surface area contributed by atoms with Crippen LogP contribution in [0.5, 0.6) is 0 Å². The lowest BCUT2D eigenvalue weighted by molar-refractivity contribution is 0.0601. The largest absolute Gasteiger partial charge is 0.465 e. The summed E-state index contributed by atoms with van der Waals surface area (Å²) in [7, 11) is 1.33. The third-order valence-electron chi connectivity index (χ3n) is 5.33. The van der Waals surface area contributed by atoms with E-state index in [4.69, 9.17) is 9.72 Å². The highest BCUT2D eigenvalue weighted by Crippen LogP contribution is 2.22. The number of methoxy groups -OCH3 is 1. The number of para-hydroxylation sites is 1. The van der Waals surface area contributed by atoms with Gasteiger partial charge < -0.3 is 9.64 Å². The van der Waals surface area contributed by atoms with Crippen molar-refractivity contribution < 1.29 is 9.53 Å². The van der Waals surface area contributed by atoms with Crippen molar-refractivity contribution in [2.45, 2.75) is 0 Å². The molecule has 7 nitrogen and oxygen atoms in total. The molecule has 4 rings (SSSR count). The number of benzene rings is 2. The van der Waals surface area contributed by atoms with Gasteiger partial charge in [-0.25, -0.2) is 14.3 Å². The number of fused-ring (bicyclic) bond motifs is 1. The number of aromatic nitrogens is 2. The summed E-state index contributed by atoms with van der Waals surface area (Å²) in [6.45, 7) is 7.86. The van der Waals surface area contributed by atoms with Gasteiger partial charge in [-0.15, -0.1) is 6.58 Å². The van der Waals surface area contributed by atoms with Crippen LogP contribution in [-0.2, 0) is 4.74 Å². The summed E-state index contributed by atoms with van der Waals surface area (Å²) in [6.07, 6.45) is 1.90. The summed E-state index contributed by atoms with van der Waals surface area (Å²) in [4.78, 5) is 34.7. The van der Waals surface area contributed by atoms with Crippen molar-refractivity contribution in [2.24, 2.45) is 0 Å². The molecule has 0 radical (unpaired) electrons. The molecule has 0 unspecified atom stereocenters. The van der Waals surface area contributed by atoms with Crippen LogP contribution in [0.25, 0.3) is 16.6 Å². The van der Waals surface area contributed by atoms with E-state index in [9.17, 15) is 9.59 Å². The summed E-state index contributed by atoms with van der Waals surface area (Å²) in [5.41, 5.74) is 1.46. The Morgan fingerprint density at radius 3 is 2.53 bits per heavy atom. The second kappa shape index (κ2) is 8.51. The van der Waals surface area contributed by atoms with Crippen LogP contribution in [0.15, 0.2) is 66.0 Å². The van der Waals surface area contributed by atoms with E-state index in [-0.39, 0.29) is 5.56 Å². The van der Waals surface area contributed by atoms with Crippen molar-refractivity contribution in [1.82, 2.24) is 14.5 Å². The third kappa shape index (κ3) is 3.71. The van der Waals surface area contributed by atoms with Gasteiger partial charge in [0.25, 0.3) is 5.56 Å². The standard InChI is InChI=1S/C23H24N4O3/c1-3-11-25-12-14-26(15-13-25)23-24-20-16-17(22(29)30-2)9-10-19(20)21(28)27(23)18-7-5-4-6-8-18/h3-10,16H,1,11-15H2,2H3. The Labute approximate surface area is 174 Å². The Morgan fingerprint density at radius 2 is 1.87 bits per heavy atom. The molecule has 0 bridgehead atoms. The number of hydrogen-bond donors (Lipinski definition) is 0. The predicted octanol–water partition coefficient (Wildman–Crippen LogP) is 2.48. The van der Waals surface area contributed by atoms with E-state index in [0.29, 0.717) is 22.4 Å². The lowest BCUT2D eigenvalue weighted by atomic mass is 10.1. The molecule has 1 aromatic heterocycles. The fourth-order valence-electron chi connectivity index (χ4n) is 3.75. The second-order valence-corrected chi connectivity index (χ2v) is 7.19. The van der Waals surface area contributed by atoms with Gasteiger partial charge in [0, 0.05) is 32.7 Å². The zero-order valence-corrected chi connectivity index (χ0v) is 17.0. The van der Waals surface area contributed by atoms with Crippen LogP contribution in [0.2, 0.25) is 0 Å². The molecule has 0 saturated carbocycles. The third-order valence-corrected chi connectivity index (χ3v) is 5.33. The van der Waals surface area contributed by atoms with Crippen LogP contribution in [0.4, 0.5) is 5.95 Å². The quantitative estimate of drug-likeness (QED) is 0.481. The first kappa shape index (κ1) is 19.8. The van der Waals surface area contributed by atoms with Crippen molar-refractivity contribution in [2.75, 3.05) is 44.7 Å². The maximum Gasteiger partial charge on any atom is 0.337 e. The second-order valence-electron chi connectivity index (χ2n) is 7.19. The van der Waals surface area contributed by atoms with Gasteiger partial charge in [0.2, 0.25) is 5.95 Å². The number of ether oxygens (including phenoxy) is 1. The Hall–Kier alpha value is -3.45. The van der Waals surface area contributed by atoms with E-state index in [0.717, 1.165) is 38.4 Å². The molecule has 1 aliphatic heterocycles. The topological polar surface area (TPSA) is 67.7 Å². The average Bonchev–Trinajstić information content (AvgIpc) is 2.79. The van der Waals surface area contributed by atoms with Crippen molar-refractivity contribution in [1.29, 1.82) is 0 Å². The fraction of sp³-hybridized carbons (Fsp3) is 0.261. The number of hydrogen-bond acceptors (Lipinski definition) is 6. The number of carbonyl (C=O) groups excluding carboxylic acids is 1. The van der Waals surface area contributed by atoms with E-state index in [1.165, 1.54) is 7.11 Å². The van der Waals surface area contributed by atoms with Crippen LogP contribution >= 0.6 is 0 Å². The van der Waals surface area contributed by atoms with Crippen LogP contribution in [0.1, 0.15) is 10.4 Å². The van der Waals surface area contributed by atoms with Crippen LogP contribution in [-0.4, -0.2) is 60.3 Å². The smallest absolute Gasteiger partial charge is 0.337 e. The van der Waals surface area contributed by atoms with Gasteiger partial charge >= 0.3 is 5.97 Å². The van der Waals surface area contributed by atoms with Crippen molar-refractivity contribution in [3.8, 4) is 5.69 Å². The lowest BCUT2D eigenvalue weighted by Gasteiger charge is -2.35. The minimum Gasteiger partial charge on any atom is -0.465 e. The SMILES string of the molecule is C=CCN1CCN(c2nc3cc(C(=O)OC)ccc3c(=O)n2-c2ccccc2)CC1. The Morgan fingerprint density at radius 1 is 1.13 bits per heavy atom. The number of carbonyl (C=O) groups is 1. The number of esters is 1. The van der Waals surface area contributed by atoms with Gasteiger partial charge in [-0.3, -0.25) is 9.69 Å². The Balaban J connectivity index is 1.86. The fourth-order valence-corrected chi connectivity index (χ4v) is 3.75. The van der Waals surface area contributed by atoms with E-state index in [2.05, 4.69) is 16.4 Å². The molecule has 2 aromatic carbocycles. The molecule has 0 atom stereocenters. The molecule has 1 saturated heterocycles. The summed E-state index contributed by atoms with van der Waals surface area (Å²) in [6, 6.07) is 14.4. The van der Waals surface area contributed by atoms with Gasteiger partial charge in [0.05, 0.1) is 29.3 Å². The molecule has 1 aliphatic rings. The van der Waals surface area contributed by atoms with Crippen molar-refractivity contribution in [3.63, 3.8) is 0 Å². The molecule has 0 aliphatic carbocycles. The normalized spacial score (nSPS) is 14.6. The molecule has 3 aromatic rings. The summed E-state index contributed by atoms with van der Waals surface area (Å²) in [5, 5.41) is 0.459. The summed E-state index contributed by atoms with van der Waals surface area (Å²) >= 11 is 0. The van der Waals surface area contributed by atoms with Gasteiger partial charge in [0.1, 0.15) is 0 Å². The minimum absolute atomic E-state index is 0.161. The number of nitrogens with zero attached hydrogens (tertiary/aromatic N) is 4. The van der Waals surface area contributed by atoms with E-state index >= 15 is 0 Å². The Bertz CT molecular complexity index is 1130. The zero-order valence-electron chi connectivity index (χ0n) is 17.0. The van der Waals surface area contributed by atoms with E-state index < -0.39 is 5.97 Å². The summed E-state index contributed by atoms with van der Waals surface area (Å²) < 4.78 is 6.47. The molecule has 154 valence electrons. The van der Waals surface area contributed by atoms with Crippen molar-refractivity contribution >= 4 is 22.8 Å². The number of anilines is 1.